The molecule has 3 nitrogen and oxygen atoms in total. The van der Waals surface area contributed by atoms with Crippen molar-refractivity contribution in [3.63, 3.8) is 0 Å². The van der Waals surface area contributed by atoms with Crippen molar-refractivity contribution in [2.24, 2.45) is 0 Å². The second kappa shape index (κ2) is 13.3. The summed E-state index contributed by atoms with van der Waals surface area (Å²) in [5.41, 5.74) is 3.58. The van der Waals surface area contributed by atoms with Crippen molar-refractivity contribution < 1.29 is 0 Å². The Morgan fingerprint density at radius 2 is 1.33 bits per heavy atom. The highest BCUT2D eigenvalue weighted by molar-refractivity contribution is 5.75. The monoisotopic (exact) mass is 327 g/mol. The quantitative estimate of drug-likeness (QED) is 0.694. The largest absolute Gasteiger partial charge is 0.324 e. The van der Waals surface area contributed by atoms with Gasteiger partial charge in [-0.05, 0) is 38.7 Å². The molecule has 3 aromatic rings. The molecule has 132 valence electrons. The molecule has 0 amide bonds. The first-order valence-corrected chi connectivity index (χ1v) is 8.80. The van der Waals surface area contributed by atoms with Crippen molar-refractivity contribution in [3.05, 3.63) is 66.0 Å². The van der Waals surface area contributed by atoms with E-state index in [2.05, 4.69) is 64.3 Å². The van der Waals surface area contributed by atoms with E-state index in [1.54, 1.807) is 0 Å². The highest BCUT2D eigenvalue weighted by Gasteiger charge is 2.06. The predicted octanol–water partition coefficient (Wildman–Crippen LogP) is 5.28. The van der Waals surface area contributed by atoms with E-state index in [0.29, 0.717) is 0 Å². The Bertz CT molecular complexity index is 657. The van der Waals surface area contributed by atoms with Gasteiger partial charge in [0.05, 0.1) is 11.0 Å². The summed E-state index contributed by atoms with van der Waals surface area (Å²) in [5.74, 6) is 1.06. The minimum Gasteiger partial charge on any atom is -0.324 e. The Balaban J connectivity index is 0.000000667. The molecular formula is C21H33N3. The number of hydrogen-bond acceptors (Lipinski definition) is 2. The fourth-order valence-corrected chi connectivity index (χ4v) is 2.16. The maximum atomic E-state index is 4.57. The lowest BCUT2D eigenvalue weighted by molar-refractivity contribution is 0.786. The lowest BCUT2D eigenvalue weighted by Gasteiger charge is -2.06. The van der Waals surface area contributed by atoms with Crippen LogP contribution in [0.5, 0.6) is 0 Å². The van der Waals surface area contributed by atoms with E-state index in [0.717, 1.165) is 17.9 Å². The van der Waals surface area contributed by atoms with E-state index >= 15 is 0 Å². The topological polar surface area (TPSA) is 29.9 Å². The van der Waals surface area contributed by atoms with Gasteiger partial charge in [0.25, 0.3) is 0 Å². The zero-order valence-corrected chi connectivity index (χ0v) is 16.3. The van der Waals surface area contributed by atoms with Gasteiger partial charge in [-0.2, -0.15) is 0 Å². The van der Waals surface area contributed by atoms with Gasteiger partial charge in [0.15, 0.2) is 0 Å². The van der Waals surface area contributed by atoms with Crippen molar-refractivity contribution in [3.8, 4) is 0 Å². The molecule has 3 rings (SSSR count). The maximum Gasteiger partial charge on any atom is 0.107 e. The highest BCUT2D eigenvalue weighted by atomic mass is 15.1. The lowest BCUT2D eigenvalue weighted by Crippen LogP contribution is -2.01. The molecule has 0 unspecified atom stereocenters. The number of imidazole rings is 1. The van der Waals surface area contributed by atoms with Gasteiger partial charge in [-0.15, -0.1) is 0 Å². The van der Waals surface area contributed by atoms with Gasteiger partial charge in [0.1, 0.15) is 5.82 Å². The standard InChI is InChI=1S/C15H14N2.C2H7N.2C2H6/c1-12-16-14-9-5-6-10-15(14)17(12)11-13-7-3-2-4-8-13;1-3-2;2*1-2/h2-10H,11H2,1H3;3H,1-2H3;2*1-2H3. The number of nitrogens with one attached hydrogen (secondary N) is 1. The summed E-state index contributed by atoms with van der Waals surface area (Å²) in [5, 5.41) is 2.75. The molecule has 0 bridgehead atoms. The second-order valence-electron chi connectivity index (χ2n) is 4.72. The van der Waals surface area contributed by atoms with Crippen LogP contribution in [0.3, 0.4) is 0 Å². The molecule has 0 saturated carbocycles. The predicted molar refractivity (Wildman–Crippen MR) is 108 cm³/mol. The molecule has 0 atom stereocenters. The van der Waals surface area contributed by atoms with Crippen LogP contribution in [0.15, 0.2) is 54.6 Å². The van der Waals surface area contributed by atoms with Crippen LogP contribution in [0.25, 0.3) is 11.0 Å². The molecule has 1 heterocycles. The number of hydrogen-bond donors (Lipinski definition) is 1. The zero-order chi connectivity index (χ0) is 18.4. The number of aromatic nitrogens is 2. The Labute approximate surface area is 147 Å². The van der Waals surface area contributed by atoms with E-state index in [4.69, 9.17) is 0 Å². The van der Waals surface area contributed by atoms with E-state index in [1.165, 1.54) is 11.1 Å². The number of fused-ring (bicyclic) bond motifs is 1. The van der Waals surface area contributed by atoms with Crippen LogP contribution in [0.2, 0.25) is 0 Å². The molecule has 0 aliphatic heterocycles. The van der Waals surface area contributed by atoms with Crippen LogP contribution in [0.1, 0.15) is 39.1 Å². The van der Waals surface area contributed by atoms with Crippen LogP contribution in [0, 0.1) is 6.92 Å². The number of aryl methyl sites for hydroxylation is 1. The molecule has 2 aromatic carbocycles. The van der Waals surface area contributed by atoms with Gasteiger partial charge in [0.2, 0.25) is 0 Å². The van der Waals surface area contributed by atoms with Gasteiger partial charge < -0.3 is 9.88 Å². The molecule has 0 fully saturated rings. The van der Waals surface area contributed by atoms with E-state index in [-0.39, 0.29) is 0 Å². The smallest absolute Gasteiger partial charge is 0.107 e. The molecular weight excluding hydrogens is 294 g/mol. The van der Waals surface area contributed by atoms with E-state index in [9.17, 15) is 0 Å². The van der Waals surface area contributed by atoms with Gasteiger partial charge in [-0.1, -0.05) is 70.2 Å². The minimum absolute atomic E-state index is 0.882. The number of nitrogens with zero attached hydrogens (tertiary/aromatic N) is 2. The third-order valence-corrected chi connectivity index (χ3v) is 3.03. The first-order chi connectivity index (χ1) is 11.8. The van der Waals surface area contributed by atoms with Crippen LogP contribution >= 0.6 is 0 Å². The van der Waals surface area contributed by atoms with Crippen LogP contribution in [-0.2, 0) is 6.54 Å². The molecule has 0 aliphatic carbocycles. The SMILES string of the molecule is CC.CC.CNC.Cc1nc2ccccc2n1Cc1ccccc1. The van der Waals surface area contributed by atoms with E-state index in [1.807, 2.05) is 53.9 Å². The third kappa shape index (κ3) is 6.55. The van der Waals surface area contributed by atoms with Crippen molar-refractivity contribution in [2.75, 3.05) is 14.1 Å². The Morgan fingerprint density at radius 3 is 1.92 bits per heavy atom. The fourth-order valence-electron chi connectivity index (χ4n) is 2.16. The molecule has 1 N–H and O–H groups in total. The van der Waals surface area contributed by atoms with Gasteiger partial charge in [0, 0.05) is 6.54 Å². The second-order valence-corrected chi connectivity index (χ2v) is 4.72. The first kappa shape index (κ1) is 21.9. The summed E-state index contributed by atoms with van der Waals surface area (Å²) in [6, 6.07) is 18.8. The Kier molecular flexibility index (Phi) is 12.1. The summed E-state index contributed by atoms with van der Waals surface area (Å²) < 4.78 is 2.25. The normalized spacial score (nSPS) is 8.96. The van der Waals surface area contributed by atoms with Crippen LogP contribution < -0.4 is 5.32 Å². The van der Waals surface area contributed by atoms with Crippen molar-refractivity contribution >= 4 is 11.0 Å². The van der Waals surface area contributed by atoms with Crippen LogP contribution in [0.4, 0.5) is 0 Å². The summed E-state index contributed by atoms with van der Waals surface area (Å²) in [7, 11) is 3.75. The third-order valence-electron chi connectivity index (χ3n) is 3.03. The summed E-state index contributed by atoms with van der Waals surface area (Å²) in [6.45, 7) is 10.9. The van der Waals surface area contributed by atoms with Crippen LogP contribution in [-0.4, -0.2) is 23.6 Å². The van der Waals surface area contributed by atoms with Gasteiger partial charge in [-0.3, -0.25) is 0 Å². The summed E-state index contributed by atoms with van der Waals surface area (Å²) >= 11 is 0. The zero-order valence-electron chi connectivity index (χ0n) is 16.3. The average Bonchev–Trinajstić information content (AvgIpc) is 2.96. The number of rotatable bonds is 2. The average molecular weight is 328 g/mol. The maximum absolute atomic E-state index is 4.57. The Morgan fingerprint density at radius 1 is 0.833 bits per heavy atom. The number of benzene rings is 2. The van der Waals surface area contributed by atoms with Gasteiger partial charge >= 0.3 is 0 Å². The fraction of sp³-hybridized carbons (Fsp3) is 0.381. The van der Waals surface area contributed by atoms with Crippen molar-refractivity contribution in [1.82, 2.24) is 14.9 Å². The molecule has 3 heteroatoms. The minimum atomic E-state index is 0.882. The highest BCUT2D eigenvalue weighted by Crippen LogP contribution is 2.17. The molecule has 0 radical (unpaired) electrons. The van der Waals surface area contributed by atoms with Gasteiger partial charge in [-0.25, -0.2) is 4.98 Å². The molecule has 0 saturated heterocycles. The summed E-state index contributed by atoms with van der Waals surface area (Å²) in [6.07, 6.45) is 0. The first-order valence-electron chi connectivity index (χ1n) is 8.80. The van der Waals surface area contributed by atoms with Crippen molar-refractivity contribution in [1.29, 1.82) is 0 Å². The van der Waals surface area contributed by atoms with E-state index < -0.39 is 0 Å². The molecule has 0 spiro atoms. The van der Waals surface area contributed by atoms with Crippen molar-refractivity contribution in [2.45, 2.75) is 41.2 Å². The molecule has 24 heavy (non-hydrogen) atoms. The Hall–Kier alpha value is -2.13. The number of para-hydroxylation sites is 2. The molecule has 0 aliphatic rings. The lowest BCUT2D eigenvalue weighted by atomic mass is 10.2. The molecule has 1 aromatic heterocycles. The summed E-state index contributed by atoms with van der Waals surface area (Å²) in [4.78, 5) is 4.57.